The van der Waals surface area contributed by atoms with E-state index in [-0.39, 0.29) is 12.1 Å². The largest absolute Gasteiger partial charge is 0.370 e. The lowest BCUT2D eigenvalue weighted by atomic mass is 10.2. The molecule has 66 valence electrons. The van der Waals surface area contributed by atoms with Gasteiger partial charge in [0.1, 0.15) is 0 Å². The molecule has 1 saturated heterocycles. The molecular weight excluding hydrogens is 156 g/mol. The fourth-order valence-corrected chi connectivity index (χ4v) is 1.62. The Labute approximate surface area is 71.2 Å². The average Bonchev–Trinajstić information content (AvgIpc) is 2.58. The van der Waals surface area contributed by atoms with Crippen LogP contribution in [0.2, 0.25) is 0 Å². The van der Waals surface area contributed by atoms with Gasteiger partial charge in [-0.1, -0.05) is 5.16 Å². The van der Waals surface area contributed by atoms with Crippen LogP contribution < -0.4 is 0 Å². The van der Waals surface area contributed by atoms with Crippen molar-refractivity contribution < 1.29 is 9.63 Å². The number of amides is 1. The highest BCUT2D eigenvalue weighted by Crippen LogP contribution is 2.20. The molecule has 4 nitrogen and oxygen atoms in total. The minimum absolute atomic E-state index is 0.111. The molecule has 0 spiro atoms. The summed E-state index contributed by atoms with van der Waals surface area (Å²) in [5.41, 5.74) is 0.972. The van der Waals surface area contributed by atoms with Gasteiger partial charge in [-0.25, -0.2) is 0 Å². The monoisotopic (exact) mass is 168 g/mol. The molecule has 0 aromatic rings. The van der Waals surface area contributed by atoms with E-state index < -0.39 is 0 Å². The summed E-state index contributed by atoms with van der Waals surface area (Å²) in [6.07, 6.45) is 2.28. The Hall–Kier alpha value is -1.06. The van der Waals surface area contributed by atoms with E-state index in [4.69, 9.17) is 4.84 Å². The van der Waals surface area contributed by atoms with Crippen molar-refractivity contribution in [2.75, 3.05) is 6.54 Å². The lowest BCUT2D eigenvalue weighted by molar-refractivity contribution is -0.138. The molecule has 2 aliphatic rings. The van der Waals surface area contributed by atoms with Crippen LogP contribution in [-0.4, -0.2) is 29.3 Å². The maximum atomic E-state index is 11.3. The predicted molar refractivity (Wildman–Crippen MR) is 43.5 cm³/mol. The second-order valence-electron chi connectivity index (χ2n) is 3.28. The van der Waals surface area contributed by atoms with Crippen LogP contribution in [0.25, 0.3) is 0 Å². The van der Waals surface area contributed by atoms with E-state index in [1.807, 2.05) is 6.92 Å². The van der Waals surface area contributed by atoms with Crippen molar-refractivity contribution in [1.82, 2.24) is 4.90 Å². The van der Waals surface area contributed by atoms with Crippen LogP contribution in [0, 0.1) is 0 Å². The number of carbonyl (C=O) groups excluding carboxylic acids is 1. The van der Waals surface area contributed by atoms with Gasteiger partial charge in [0.2, 0.25) is 12.1 Å². The first-order chi connectivity index (χ1) is 5.77. The maximum absolute atomic E-state index is 11.3. The van der Waals surface area contributed by atoms with Gasteiger partial charge in [0.25, 0.3) is 0 Å². The van der Waals surface area contributed by atoms with Gasteiger partial charge >= 0.3 is 0 Å². The zero-order chi connectivity index (χ0) is 8.55. The molecule has 1 unspecified atom stereocenters. The van der Waals surface area contributed by atoms with Crippen molar-refractivity contribution >= 4 is 11.6 Å². The molecule has 1 fully saturated rings. The molecule has 1 amide bonds. The topological polar surface area (TPSA) is 41.9 Å². The second kappa shape index (κ2) is 2.77. The van der Waals surface area contributed by atoms with Crippen LogP contribution in [0.5, 0.6) is 0 Å². The number of hydrogen-bond acceptors (Lipinski definition) is 3. The smallest absolute Gasteiger partial charge is 0.225 e. The molecule has 0 aliphatic carbocycles. The molecule has 2 aliphatic heterocycles. The van der Waals surface area contributed by atoms with Gasteiger partial charge in [-0.3, -0.25) is 4.79 Å². The van der Waals surface area contributed by atoms with Crippen LogP contribution in [0.3, 0.4) is 0 Å². The molecule has 2 rings (SSSR count). The Bertz CT molecular complexity index is 237. The van der Waals surface area contributed by atoms with E-state index in [0.717, 1.165) is 25.1 Å². The number of rotatable bonds is 1. The lowest BCUT2D eigenvalue weighted by Crippen LogP contribution is -2.36. The highest BCUT2D eigenvalue weighted by molar-refractivity contribution is 5.84. The Morgan fingerprint density at radius 1 is 1.67 bits per heavy atom. The van der Waals surface area contributed by atoms with Crippen molar-refractivity contribution in [2.45, 2.75) is 32.4 Å². The molecule has 0 bridgehead atoms. The normalized spacial score (nSPS) is 29.1. The molecule has 0 N–H and O–H groups in total. The van der Waals surface area contributed by atoms with Gasteiger partial charge in [-0.2, -0.15) is 0 Å². The predicted octanol–water partition coefficient (Wildman–Crippen LogP) is 0.731. The second-order valence-corrected chi connectivity index (χ2v) is 3.28. The summed E-state index contributed by atoms with van der Waals surface area (Å²) in [4.78, 5) is 18.2. The third-order valence-corrected chi connectivity index (χ3v) is 2.26. The first kappa shape index (κ1) is 7.58. The van der Waals surface area contributed by atoms with Crippen molar-refractivity contribution in [1.29, 1.82) is 0 Å². The van der Waals surface area contributed by atoms with E-state index in [1.165, 1.54) is 0 Å². The quantitative estimate of drug-likeness (QED) is 0.579. The highest BCUT2D eigenvalue weighted by atomic mass is 16.7. The summed E-state index contributed by atoms with van der Waals surface area (Å²) in [7, 11) is 0. The highest BCUT2D eigenvalue weighted by Gasteiger charge is 2.32. The Kier molecular flexibility index (Phi) is 1.75. The maximum Gasteiger partial charge on any atom is 0.225 e. The average molecular weight is 168 g/mol. The van der Waals surface area contributed by atoms with Crippen LogP contribution in [0.4, 0.5) is 0 Å². The molecule has 0 saturated carbocycles. The SMILES string of the molecule is CC1=NOC(N2CCCC2=O)C1. The zero-order valence-corrected chi connectivity index (χ0v) is 7.12. The summed E-state index contributed by atoms with van der Waals surface area (Å²) in [5, 5.41) is 3.82. The van der Waals surface area contributed by atoms with Crippen LogP contribution in [-0.2, 0) is 9.63 Å². The lowest BCUT2D eigenvalue weighted by Gasteiger charge is -2.20. The van der Waals surface area contributed by atoms with Crippen molar-refractivity contribution in [2.24, 2.45) is 5.16 Å². The number of oxime groups is 1. The van der Waals surface area contributed by atoms with Crippen LogP contribution in [0.15, 0.2) is 5.16 Å². The number of hydrogen-bond donors (Lipinski definition) is 0. The van der Waals surface area contributed by atoms with Gasteiger partial charge in [-0.15, -0.1) is 0 Å². The van der Waals surface area contributed by atoms with Crippen LogP contribution in [0.1, 0.15) is 26.2 Å². The number of carbonyl (C=O) groups is 1. The molecule has 1 atom stereocenters. The molecule has 4 heteroatoms. The third-order valence-electron chi connectivity index (χ3n) is 2.26. The summed E-state index contributed by atoms with van der Waals surface area (Å²) in [5.74, 6) is 0.199. The fraction of sp³-hybridized carbons (Fsp3) is 0.750. The number of nitrogens with zero attached hydrogens (tertiary/aromatic N) is 2. The van der Waals surface area contributed by atoms with Crippen molar-refractivity contribution in [3.05, 3.63) is 0 Å². The van der Waals surface area contributed by atoms with Crippen LogP contribution >= 0.6 is 0 Å². The third kappa shape index (κ3) is 1.17. The van der Waals surface area contributed by atoms with E-state index in [9.17, 15) is 4.79 Å². The van der Waals surface area contributed by atoms with Gasteiger partial charge < -0.3 is 9.74 Å². The standard InChI is InChI=1S/C8H12N2O2/c1-6-5-8(12-9-6)10-4-2-3-7(10)11/h8H,2-5H2,1H3. The first-order valence-corrected chi connectivity index (χ1v) is 4.26. The van der Waals surface area contributed by atoms with E-state index in [2.05, 4.69) is 5.16 Å². The Morgan fingerprint density at radius 3 is 3.00 bits per heavy atom. The summed E-state index contributed by atoms with van der Waals surface area (Å²) < 4.78 is 0. The molecule has 0 radical (unpaired) electrons. The molecule has 12 heavy (non-hydrogen) atoms. The van der Waals surface area contributed by atoms with Gasteiger partial charge in [0.05, 0.1) is 5.71 Å². The zero-order valence-electron chi connectivity index (χ0n) is 7.12. The summed E-state index contributed by atoms with van der Waals surface area (Å²) in [6.45, 7) is 2.74. The Morgan fingerprint density at radius 2 is 2.50 bits per heavy atom. The number of likely N-dealkylation sites (tertiary alicyclic amines) is 1. The Balaban J connectivity index is 1.98. The van der Waals surface area contributed by atoms with Gasteiger partial charge in [0, 0.05) is 19.4 Å². The molecule has 0 aromatic heterocycles. The first-order valence-electron chi connectivity index (χ1n) is 4.26. The molecule has 2 heterocycles. The summed E-state index contributed by atoms with van der Waals surface area (Å²) >= 11 is 0. The fourth-order valence-electron chi connectivity index (χ4n) is 1.62. The van der Waals surface area contributed by atoms with Crippen molar-refractivity contribution in [3.8, 4) is 0 Å². The van der Waals surface area contributed by atoms with E-state index >= 15 is 0 Å². The summed E-state index contributed by atoms with van der Waals surface area (Å²) in [6, 6.07) is 0. The van der Waals surface area contributed by atoms with Gasteiger partial charge in [0.15, 0.2) is 0 Å². The van der Waals surface area contributed by atoms with Crippen molar-refractivity contribution in [3.63, 3.8) is 0 Å². The minimum Gasteiger partial charge on any atom is -0.370 e. The molecule has 0 aromatic carbocycles. The molecular formula is C8H12N2O2. The van der Waals surface area contributed by atoms with E-state index in [0.29, 0.717) is 6.42 Å². The minimum atomic E-state index is -0.111. The van der Waals surface area contributed by atoms with E-state index in [1.54, 1.807) is 4.90 Å². The van der Waals surface area contributed by atoms with Gasteiger partial charge in [-0.05, 0) is 13.3 Å².